The summed E-state index contributed by atoms with van der Waals surface area (Å²) in [6.07, 6.45) is 2.05. The monoisotopic (exact) mass is 463 g/mol. The molecule has 2 aliphatic rings. The fourth-order valence-corrected chi connectivity index (χ4v) is 9.97. The number of hydrogen-bond donors (Lipinski definition) is 0. The van der Waals surface area contributed by atoms with Gasteiger partial charge in [-0.05, 0) is 28.4 Å². The highest BCUT2D eigenvalue weighted by Gasteiger charge is 2.60. The van der Waals surface area contributed by atoms with Crippen LogP contribution in [0.25, 0.3) is 0 Å². The minimum Gasteiger partial charge on any atom is -0.463 e. The van der Waals surface area contributed by atoms with Gasteiger partial charge < -0.3 is 14.1 Å². The van der Waals surface area contributed by atoms with Gasteiger partial charge in [-0.15, -0.1) is 0 Å². The molecule has 0 N–H and O–H groups in total. The van der Waals surface area contributed by atoms with E-state index < -0.39 is 8.32 Å². The van der Waals surface area contributed by atoms with Crippen molar-refractivity contribution in [2.75, 3.05) is 6.61 Å². The molecule has 0 radical (unpaired) electrons. The summed E-state index contributed by atoms with van der Waals surface area (Å²) in [4.78, 5) is 26.8. The highest BCUT2D eigenvalue weighted by Crippen LogP contribution is 2.45. The first-order valence-corrected chi connectivity index (χ1v) is 13.6. The van der Waals surface area contributed by atoms with E-state index in [2.05, 4.69) is 69.3 Å². The number of esters is 1. The lowest BCUT2D eigenvalue weighted by Crippen LogP contribution is -2.68. The van der Waals surface area contributed by atoms with Crippen molar-refractivity contribution < 1.29 is 18.8 Å². The first-order chi connectivity index (χ1) is 15.7. The molecule has 0 spiro atoms. The fourth-order valence-electron chi connectivity index (χ4n) is 5.28. The van der Waals surface area contributed by atoms with E-state index in [4.69, 9.17) is 9.16 Å². The van der Waals surface area contributed by atoms with Crippen molar-refractivity contribution in [1.82, 2.24) is 4.90 Å². The van der Waals surface area contributed by atoms with Crippen molar-refractivity contribution in [2.24, 2.45) is 0 Å². The number of carbonyl (C=O) groups is 2. The van der Waals surface area contributed by atoms with Gasteiger partial charge in [0.1, 0.15) is 0 Å². The lowest BCUT2D eigenvalue weighted by atomic mass is 9.97. The molecule has 1 saturated heterocycles. The Labute approximate surface area is 197 Å². The molecule has 2 aromatic rings. The van der Waals surface area contributed by atoms with E-state index in [9.17, 15) is 9.59 Å². The van der Waals surface area contributed by atoms with Crippen molar-refractivity contribution in [2.45, 2.75) is 64.3 Å². The van der Waals surface area contributed by atoms with Crippen LogP contribution in [0.4, 0.5) is 0 Å². The molecule has 1 amide bonds. The van der Waals surface area contributed by atoms with Gasteiger partial charge in [0, 0.05) is 18.9 Å². The molecule has 5 nitrogen and oxygen atoms in total. The molecule has 3 atom stereocenters. The van der Waals surface area contributed by atoms with Crippen molar-refractivity contribution in [1.29, 1.82) is 0 Å². The van der Waals surface area contributed by atoms with Gasteiger partial charge in [0.05, 0.1) is 24.8 Å². The van der Waals surface area contributed by atoms with Crippen LogP contribution in [0.1, 0.15) is 41.0 Å². The normalized spacial score (nSPS) is 22.3. The van der Waals surface area contributed by atoms with E-state index in [1.165, 1.54) is 10.4 Å². The highest BCUT2D eigenvalue weighted by molar-refractivity contribution is 6.99. The Balaban J connectivity index is 1.82. The number of amides is 1. The van der Waals surface area contributed by atoms with Gasteiger partial charge in [-0.1, -0.05) is 81.4 Å². The van der Waals surface area contributed by atoms with E-state index in [1.807, 2.05) is 23.1 Å². The molecule has 1 fully saturated rings. The van der Waals surface area contributed by atoms with E-state index in [0.29, 0.717) is 18.6 Å². The zero-order valence-corrected chi connectivity index (χ0v) is 21.1. The lowest BCUT2D eigenvalue weighted by molar-refractivity contribution is -0.139. The van der Waals surface area contributed by atoms with Crippen LogP contribution in [-0.4, -0.2) is 49.9 Å². The lowest BCUT2D eigenvalue weighted by Gasteiger charge is -2.45. The maximum atomic E-state index is 12.6. The number of fused-ring (bicyclic) bond motifs is 1. The maximum absolute atomic E-state index is 12.6. The zero-order valence-electron chi connectivity index (χ0n) is 20.1. The Kier molecular flexibility index (Phi) is 6.34. The van der Waals surface area contributed by atoms with E-state index >= 15 is 0 Å². The van der Waals surface area contributed by atoms with Gasteiger partial charge in [0.25, 0.3) is 8.32 Å². The van der Waals surface area contributed by atoms with Crippen molar-refractivity contribution in [3.63, 3.8) is 0 Å². The molecule has 2 aromatic carbocycles. The van der Waals surface area contributed by atoms with Crippen LogP contribution in [0.5, 0.6) is 0 Å². The molecular weight excluding hydrogens is 430 g/mol. The molecule has 33 heavy (non-hydrogen) atoms. The molecule has 1 aliphatic heterocycles. The standard InChI is InChI=1S/C27H33NO4Si/c1-6-31-26(30)20-17-23-25(28(23)19(2)29)24(18-20)32-33(27(3,4)5,21-13-9-7-10-14-21)22-15-11-8-12-16-22/h7-17,23-25H,6,18H2,1-5H3/t23?,24-,25+,28?/m1/s1. The van der Waals surface area contributed by atoms with Crippen LogP contribution < -0.4 is 10.4 Å². The second-order valence-corrected chi connectivity index (χ2v) is 14.1. The van der Waals surface area contributed by atoms with Gasteiger partial charge >= 0.3 is 5.97 Å². The number of carbonyl (C=O) groups excluding carboxylic acids is 2. The molecule has 1 aliphatic carbocycles. The van der Waals surface area contributed by atoms with Crippen LogP contribution in [0.15, 0.2) is 72.3 Å². The predicted octanol–water partition coefficient (Wildman–Crippen LogP) is 3.42. The predicted molar refractivity (Wildman–Crippen MR) is 132 cm³/mol. The quantitative estimate of drug-likeness (QED) is 0.374. The SMILES string of the molecule is CCOC(=O)C1=CC2[C@@H]([C@H](O[Si](c3ccccc3)(c3ccccc3)C(C)(C)C)C1)N2C(C)=O. The second-order valence-electron chi connectivity index (χ2n) is 9.84. The zero-order chi connectivity index (χ0) is 23.8. The van der Waals surface area contributed by atoms with Gasteiger partial charge in [-0.2, -0.15) is 0 Å². The summed E-state index contributed by atoms with van der Waals surface area (Å²) in [5.41, 5.74) is 0.602. The average Bonchev–Trinajstić information content (AvgIpc) is 3.53. The largest absolute Gasteiger partial charge is 0.463 e. The van der Waals surface area contributed by atoms with E-state index in [-0.39, 0.29) is 35.1 Å². The van der Waals surface area contributed by atoms with Crippen LogP contribution in [0.2, 0.25) is 5.04 Å². The van der Waals surface area contributed by atoms with Gasteiger partial charge in [0.2, 0.25) is 5.91 Å². The van der Waals surface area contributed by atoms with E-state index in [0.717, 1.165) is 0 Å². The van der Waals surface area contributed by atoms with Crippen LogP contribution >= 0.6 is 0 Å². The number of hydrogen-bond acceptors (Lipinski definition) is 4. The summed E-state index contributed by atoms with van der Waals surface area (Å²) in [5, 5.41) is 2.18. The average molecular weight is 464 g/mol. The molecule has 1 heterocycles. The minimum absolute atomic E-state index is 0.00223. The maximum Gasteiger partial charge on any atom is 0.333 e. The molecule has 0 saturated carbocycles. The molecule has 6 heteroatoms. The molecular formula is C27H33NO4Si. The summed E-state index contributed by atoms with van der Waals surface area (Å²) >= 11 is 0. The number of benzene rings is 2. The third-order valence-corrected chi connectivity index (χ3v) is 11.8. The summed E-state index contributed by atoms with van der Waals surface area (Å²) in [6, 6.07) is 20.7. The summed E-state index contributed by atoms with van der Waals surface area (Å²) < 4.78 is 12.6. The Morgan fingerprint density at radius 3 is 2.00 bits per heavy atom. The Morgan fingerprint density at radius 2 is 1.55 bits per heavy atom. The van der Waals surface area contributed by atoms with Crippen LogP contribution in [0.3, 0.4) is 0 Å². The third-order valence-electron chi connectivity index (χ3n) is 6.72. The molecule has 4 rings (SSSR count). The van der Waals surface area contributed by atoms with E-state index in [1.54, 1.807) is 13.8 Å². The van der Waals surface area contributed by atoms with Crippen molar-refractivity contribution in [3.05, 3.63) is 72.3 Å². The first kappa shape index (κ1) is 23.5. The second kappa shape index (κ2) is 8.91. The smallest absolute Gasteiger partial charge is 0.333 e. The van der Waals surface area contributed by atoms with Gasteiger partial charge in [-0.3, -0.25) is 4.79 Å². The Morgan fingerprint density at radius 1 is 1.00 bits per heavy atom. The van der Waals surface area contributed by atoms with Crippen LogP contribution in [0, 0.1) is 0 Å². The summed E-state index contributed by atoms with van der Waals surface area (Å²) in [7, 11) is -2.82. The number of nitrogens with zero attached hydrogens (tertiary/aromatic N) is 1. The Hall–Kier alpha value is -2.70. The van der Waals surface area contributed by atoms with Crippen molar-refractivity contribution >= 4 is 30.6 Å². The molecule has 0 aromatic heterocycles. The molecule has 0 bridgehead atoms. The molecule has 1 unspecified atom stereocenters. The summed E-state index contributed by atoms with van der Waals surface area (Å²) in [5.74, 6) is -0.315. The van der Waals surface area contributed by atoms with Gasteiger partial charge in [-0.25, -0.2) is 4.79 Å². The Bertz CT molecular complexity index is 1010. The third kappa shape index (κ3) is 4.18. The van der Waals surface area contributed by atoms with Crippen LogP contribution in [-0.2, 0) is 18.8 Å². The minimum atomic E-state index is -2.82. The molecule has 174 valence electrons. The van der Waals surface area contributed by atoms with Gasteiger partial charge in [0.15, 0.2) is 0 Å². The number of ether oxygens (including phenoxy) is 1. The summed E-state index contributed by atoms with van der Waals surface area (Å²) in [6.45, 7) is 10.4. The topological polar surface area (TPSA) is 55.6 Å². The first-order valence-electron chi connectivity index (χ1n) is 11.7. The van der Waals surface area contributed by atoms with Crippen molar-refractivity contribution in [3.8, 4) is 0 Å². The fraction of sp³-hybridized carbons (Fsp3) is 0.407. The highest BCUT2D eigenvalue weighted by atomic mass is 28.4. The number of rotatable bonds is 6.